The predicted octanol–water partition coefficient (Wildman–Crippen LogP) is 1.42. The molecular formula is C16H24N2O4. The zero-order chi connectivity index (χ0) is 16.4. The van der Waals surface area contributed by atoms with E-state index in [1.165, 1.54) is 10.6 Å². The Kier molecular flexibility index (Phi) is 4.90. The summed E-state index contributed by atoms with van der Waals surface area (Å²) in [5.74, 6) is -0.226. The number of carboxylic acid groups (broad SMARTS) is 1. The highest BCUT2D eigenvalue weighted by Gasteiger charge is 2.24. The largest absolute Gasteiger partial charge is 0.503 e. The second kappa shape index (κ2) is 6.52. The van der Waals surface area contributed by atoms with Gasteiger partial charge < -0.3 is 14.8 Å². The lowest BCUT2D eigenvalue weighted by Crippen LogP contribution is -2.39. The molecule has 1 aromatic rings. The maximum Gasteiger partial charge on any atom is 0.323 e. The number of carboxylic acids is 1. The summed E-state index contributed by atoms with van der Waals surface area (Å²) in [6, 6.07) is 1.28. The van der Waals surface area contributed by atoms with Crippen LogP contribution in [-0.2, 0) is 17.9 Å². The molecule has 122 valence electrons. The van der Waals surface area contributed by atoms with Gasteiger partial charge in [0, 0.05) is 31.4 Å². The second-order valence-electron chi connectivity index (χ2n) is 6.57. The molecule has 1 aliphatic rings. The van der Waals surface area contributed by atoms with Crippen molar-refractivity contribution in [2.75, 3.05) is 13.1 Å². The van der Waals surface area contributed by atoms with E-state index in [4.69, 9.17) is 5.11 Å². The summed E-state index contributed by atoms with van der Waals surface area (Å²) in [6.07, 6.45) is 1.16. The number of carbonyl (C=O) groups is 1. The van der Waals surface area contributed by atoms with Crippen molar-refractivity contribution in [2.24, 2.45) is 11.8 Å². The molecule has 2 N–H and O–H groups in total. The lowest BCUT2D eigenvalue weighted by molar-refractivity contribution is -0.137. The Hall–Kier alpha value is -1.82. The van der Waals surface area contributed by atoms with Crippen LogP contribution in [0, 0.1) is 18.8 Å². The molecule has 1 aromatic heterocycles. The Balaban J connectivity index is 2.36. The van der Waals surface area contributed by atoms with Crippen LogP contribution in [0.5, 0.6) is 5.75 Å². The highest BCUT2D eigenvalue weighted by Crippen LogP contribution is 2.24. The highest BCUT2D eigenvalue weighted by molar-refractivity contribution is 5.67. The van der Waals surface area contributed by atoms with Crippen LogP contribution in [-0.4, -0.2) is 38.7 Å². The number of aliphatic carboxylic acids is 1. The maximum atomic E-state index is 11.8. The first-order chi connectivity index (χ1) is 10.3. The molecule has 0 aromatic carbocycles. The third-order valence-corrected chi connectivity index (χ3v) is 4.21. The third kappa shape index (κ3) is 3.68. The first kappa shape index (κ1) is 16.5. The van der Waals surface area contributed by atoms with E-state index >= 15 is 0 Å². The number of rotatable bonds is 4. The molecule has 2 unspecified atom stereocenters. The number of aryl methyl sites for hydroxylation is 1. The van der Waals surface area contributed by atoms with Crippen LogP contribution in [0.3, 0.4) is 0 Å². The SMILES string of the molecule is Cc1cc(=O)c(O)c(CN2CC(C)CC(C)C2)n1CC(=O)O. The van der Waals surface area contributed by atoms with Crippen LogP contribution in [0.1, 0.15) is 31.7 Å². The van der Waals surface area contributed by atoms with Crippen LogP contribution in [0.4, 0.5) is 0 Å². The van der Waals surface area contributed by atoms with Crippen LogP contribution in [0.2, 0.25) is 0 Å². The molecule has 1 aliphatic heterocycles. The van der Waals surface area contributed by atoms with Gasteiger partial charge in [0.15, 0.2) is 5.75 Å². The van der Waals surface area contributed by atoms with Gasteiger partial charge in [0.1, 0.15) is 6.54 Å². The van der Waals surface area contributed by atoms with Crippen LogP contribution >= 0.6 is 0 Å². The predicted molar refractivity (Wildman–Crippen MR) is 83.0 cm³/mol. The second-order valence-corrected chi connectivity index (χ2v) is 6.57. The summed E-state index contributed by atoms with van der Waals surface area (Å²) in [7, 11) is 0. The van der Waals surface area contributed by atoms with E-state index in [0.717, 1.165) is 19.5 Å². The quantitative estimate of drug-likeness (QED) is 0.879. The Labute approximate surface area is 130 Å². The summed E-state index contributed by atoms with van der Waals surface area (Å²) in [6.45, 7) is 7.97. The third-order valence-electron chi connectivity index (χ3n) is 4.21. The van der Waals surface area contributed by atoms with Crippen LogP contribution in [0.25, 0.3) is 0 Å². The number of piperidine rings is 1. The Morgan fingerprint density at radius 1 is 1.32 bits per heavy atom. The number of pyridine rings is 1. The number of hydrogen-bond acceptors (Lipinski definition) is 4. The number of aromatic hydroxyl groups is 1. The Morgan fingerprint density at radius 2 is 1.91 bits per heavy atom. The normalized spacial score (nSPS) is 22.7. The Bertz CT molecular complexity index is 613. The minimum absolute atomic E-state index is 0.256. The summed E-state index contributed by atoms with van der Waals surface area (Å²) < 4.78 is 1.52. The van der Waals surface area contributed by atoms with Crippen molar-refractivity contribution in [3.8, 4) is 5.75 Å². The smallest absolute Gasteiger partial charge is 0.323 e. The highest BCUT2D eigenvalue weighted by atomic mass is 16.4. The fraction of sp³-hybridized carbons (Fsp3) is 0.625. The van der Waals surface area contributed by atoms with Crippen molar-refractivity contribution < 1.29 is 15.0 Å². The molecule has 2 rings (SSSR count). The fourth-order valence-corrected chi connectivity index (χ4v) is 3.47. The minimum Gasteiger partial charge on any atom is -0.503 e. The van der Waals surface area contributed by atoms with E-state index < -0.39 is 11.4 Å². The summed E-state index contributed by atoms with van der Waals surface area (Å²) >= 11 is 0. The lowest BCUT2D eigenvalue weighted by Gasteiger charge is -2.35. The average Bonchev–Trinajstić information content (AvgIpc) is 2.38. The topological polar surface area (TPSA) is 82.8 Å². The molecule has 2 heterocycles. The number of likely N-dealkylation sites (tertiary alicyclic amines) is 1. The van der Waals surface area contributed by atoms with Crippen LogP contribution in [0.15, 0.2) is 10.9 Å². The van der Waals surface area contributed by atoms with E-state index in [-0.39, 0.29) is 12.3 Å². The van der Waals surface area contributed by atoms with Gasteiger partial charge in [-0.25, -0.2) is 0 Å². The van der Waals surface area contributed by atoms with Crippen molar-refractivity contribution in [2.45, 2.75) is 40.3 Å². The van der Waals surface area contributed by atoms with E-state index in [9.17, 15) is 14.7 Å². The maximum absolute atomic E-state index is 11.8. The number of aromatic nitrogens is 1. The van der Waals surface area contributed by atoms with Gasteiger partial charge >= 0.3 is 5.97 Å². The summed E-state index contributed by atoms with van der Waals surface area (Å²) in [5.41, 5.74) is 0.499. The van der Waals surface area contributed by atoms with Crippen molar-refractivity contribution in [3.05, 3.63) is 27.7 Å². The van der Waals surface area contributed by atoms with Gasteiger partial charge in [-0.2, -0.15) is 0 Å². The number of nitrogens with zero attached hydrogens (tertiary/aromatic N) is 2. The van der Waals surface area contributed by atoms with Gasteiger partial charge in [0.25, 0.3) is 0 Å². The molecule has 1 fully saturated rings. The first-order valence-electron chi connectivity index (χ1n) is 7.64. The molecule has 0 amide bonds. The molecule has 1 saturated heterocycles. The van der Waals surface area contributed by atoms with E-state index in [1.807, 2.05) is 0 Å². The molecule has 0 radical (unpaired) electrons. The van der Waals surface area contributed by atoms with Crippen molar-refractivity contribution >= 4 is 5.97 Å². The van der Waals surface area contributed by atoms with Gasteiger partial charge in [0.2, 0.25) is 5.43 Å². The Morgan fingerprint density at radius 3 is 2.45 bits per heavy atom. The fourth-order valence-electron chi connectivity index (χ4n) is 3.47. The molecule has 0 aliphatic carbocycles. The van der Waals surface area contributed by atoms with E-state index in [1.54, 1.807) is 6.92 Å². The molecular weight excluding hydrogens is 284 g/mol. The molecule has 6 nitrogen and oxygen atoms in total. The van der Waals surface area contributed by atoms with Gasteiger partial charge in [-0.3, -0.25) is 14.5 Å². The molecule has 0 saturated carbocycles. The van der Waals surface area contributed by atoms with Crippen molar-refractivity contribution in [3.63, 3.8) is 0 Å². The zero-order valence-corrected chi connectivity index (χ0v) is 13.4. The standard InChI is InChI=1S/C16H24N2O4/c1-10-4-11(2)7-17(6-10)8-13-16(22)14(19)5-12(3)18(13)9-15(20)21/h5,10-11,22H,4,6-9H2,1-3H3,(H,20,21). The zero-order valence-electron chi connectivity index (χ0n) is 13.4. The minimum atomic E-state index is -0.993. The first-order valence-corrected chi connectivity index (χ1v) is 7.64. The molecule has 2 atom stereocenters. The van der Waals surface area contributed by atoms with Gasteiger partial charge in [-0.15, -0.1) is 0 Å². The number of hydrogen-bond donors (Lipinski definition) is 2. The van der Waals surface area contributed by atoms with Gasteiger partial charge in [-0.1, -0.05) is 13.8 Å². The summed E-state index contributed by atoms with van der Waals surface area (Å²) in [5, 5.41) is 19.2. The van der Waals surface area contributed by atoms with Crippen molar-refractivity contribution in [1.82, 2.24) is 9.47 Å². The summed E-state index contributed by atoms with van der Waals surface area (Å²) in [4.78, 5) is 25.1. The van der Waals surface area contributed by atoms with E-state index in [2.05, 4.69) is 18.7 Å². The van der Waals surface area contributed by atoms with Gasteiger partial charge in [0.05, 0.1) is 5.69 Å². The molecule has 0 bridgehead atoms. The van der Waals surface area contributed by atoms with Gasteiger partial charge in [-0.05, 0) is 25.2 Å². The lowest BCUT2D eigenvalue weighted by atomic mass is 9.92. The monoisotopic (exact) mass is 308 g/mol. The van der Waals surface area contributed by atoms with Crippen molar-refractivity contribution in [1.29, 1.82) is 0 Å². The molecule has 0 spiro atoms. The average molecular weight is 308 g/mol. The van der Waals surface area contributed by atoms with Crippen LogP contribution < -0.4 is 5.43 Å². The molecule has 6 heteroatoms. The molecule has 22 heavy (non-hydrogen) atoms. The van der Waals surface area contributed by atoms with E-state index in [0.29, 0.717) is 29.8 Å².